The molecule has 2 fully saturated rings. The number of rotatable bonds is 7. The molecule has 53 heavy (non-hydrogen) atoms. The van der Waals surface area contributed by atoms with Crippen molar-refractivity contribution in [2.45, 2.75) is 25.7 Å². The van der Waals surface area contributed by atoms with Gasteiger partial charge in [-0.05, 0) is 50.0 Å². The third-order valence-electron chi connectivity index (χ3n) is 8.48. The molecule has 0 saturated carbocycles. The van der Waals surface area contributed by atoms with Gasteiger partial charge in [0.2, 0.25) is 0 Å². The van der Waals surface area contributed by atoms with Crippen molar-refractivity contribution in [1.29, 1.82) is 0 Å². The van der Waals surface area contributed by atoms with E-state index in [9.17, 15) is 24.7 Å². The van der Waals surface area contributed by atoms with Crippen LogP contribution in [0.5, 0.6) is 0 Å². The molecule has 2 aromatic carbocycles. The molecular formula is C32H39B2Cl5N8O6. The molecule has 2 unspecified atom stereocenters. The summed E-state index contributed by atoms with van der Waals surface area (Å²) in [4.78, 5) is 30.1. The zero-order valence-electron chi connectivity index (χ0n) is 28.9. The van der Waals surface area contributed by atoms with Crippen molar-refractivity contribution in [3.8, 4) is 11.4 Å². The number of piperazine rings is 2. The molecule has 0 radical (unpaired) electrons. The fourth-order valence-electron chi connectivity index (χ4n) is 5.63. The lowest BCUT2D eigenvalue weighted by Gasteiger charge is -2.42. The van der Waals surface area contributed by atoms with Gasteiger partial charge in [-0.15, -0.1) is 0 Å². The summed E-state index contributed by atoms with van der Waals surface area (Å²) in [6.07, 6.45) is 2.83. The molecule has 2 atom stereocenters. The van der Waals surface area contributed by atoms with Crippen LogP contribution in [0, 0.1) is 0 Å². The van der Waals surface area contributed by atoms with E-state index in [1.807, 2.05) is 14.5 Å². The Hall–Kier alpha value is -2.70. The molecule has 0 amide bonds. The van der Waals surface area contributed by atoms with Crippen LogP contribution in [0.25, 0.3) is 11.4 Å². The highest BCUT2D eigenvalue weighted by Gasteiger charge is 2.32. The first kappa shape index (κ1) is 43.0. The minimum Gasteiger partial charge on any atom is -0.437 e. The van der Waals surface area contributed by atoms with Gasteiger partial charge in [-0.1, -0.05) is 70.1 Å². The van der Waals surface area contributed by atoms with Gasteiger partial charge >= 0.3 is 14.1 Å². The molecule has 2 aliphatic rings. The Morgan fingerprint density at radius 2 is 1.30 bits per heavy atom. The van der Waals surface area contributed by atoms with Gasteiger partial charge in [0, 0.05) is 55.4 Å². The lowest BCUT2D eigenvalue weighted by Crippen LogP contribution is -2.58. The normalized spacial score (nSPS) is 17.7. The van der Waals surface area contributed by atoms with Crippen molar-refractivity contribution >= 4 is 77.8 Å². The summed E-state index contributed by atoms with van der Waals surface area (Å²) in [7, 11) is -0.998. The highest BCUT2D eigenvalue weighted by atomic mass is 35.5. The van der Waals surface area contributed by atoms with E-state index in [-0.39, 0.29) is 40.4 Å². The van der Waals surface area contributed by atoms with E-state index in [0.717, 1.165) is 24.3 Å². The predicted octanol–water partition coefficient (Wildman–Crippen LogP) is 2.69. The van der Waals surface area contributed by atoms with Crippen LogP contribution in [-0.2, 0) is 0 Å². The fraction of sp³-hybridized carbons (Fsp3) is 0.375. The average Bonchev–Trinajstić information content (AvgIpc) is 3.15. The molecule has 2 aromatic heterocycles. The van der Waals surface area contributed by atoms with Crippen LogP contribution in [0.4, 0.5) is 5.69 Å². The maximum atomic E-state index is 12.7. The van der Waals surface area contributed by atoms with E-state index in [4.69, 9.17) is 63.1 Å². The van der Waals surface area contributed by atoms with Crippen LogP contribution in [-0.4, -0.2) is 128 Å². The number of benzene rings is 2. The molecule has 2 aliphatic heterocycles. The van der Waals surface area contributed by atoms with Crippen molar-refractivity contribution < 1.29 is 20.3 Å². The second-order valence-corrected chi connectivity index (χ2v) is 14.2. The minimum absolute atomic E-state index is 0.0314. The number of anilines is 1. The van der Waals surface area contributed by atoms with E-state index in [1.165, 1.54) is 17.1 Å². The average molecular weight is 831 g/mol. The molecule has 2 saturated heterocycles. The predicted molar refractivity (Wildman–Crippen MR) is 213 cm³/mol. The number of aliphatic hydroxyl groups excluding tert-OH is 2. The highest BCUT2D eigenvalue weighted by Crippen LogP contribution is 2.26. The Morgan fingerprint density at radius 1 is 0.755 bits per heavy atom. The number of hydrogen-bond acceptors (Lipinski definition) is 12. The number of halogens is 5. The molecule has 0 spiro atoms. The van der Waals surface area contributed by atoms with Gasteiger partial charge in [0.25, 0.3) is 11.1 Å². The fourth-order valence-corrected chi connectivity index (χ4v) is 6.49. The molecule has 284 valence electrons. The van der Waals surface area contributed by atoms with Gasteiger partial charge in [0.05, 0.1) is 53.7 Å². The van der Waals surface area contributed by atoms with Gasteiger partial charge in [0.15, 0.2) is 0 Å². The topological polar surface area (TPSA) is 172 Å². The van der Waals surface area contributed by atoms with Gasteiger partial charge < -0.3 is 40.1 Å². The number of aliphatic hydroxyl groups is 2. The van der Waals surface area contributed by atoms with E-state index >= 15 is 0 Å². The van der Waals surface area contributed by atoms with Crippen molar-refractivity contribution in [1.82, 2.24) is 34.5 Å². The molecule has 14 nitrogen and oxygen atoms in total. The van der Waals surface area contributed by atoms with E-state index in [2.05, 4.69) is 15.5 Å². The number of nitrogens with zero attached hydrogens (tertiary/aromatic N) is 7. The van der Waals surface area contributed by atoms with E-state index in [0.29, 0.717) is 46.7 Å². The molecule has 5 N–H and O–H groups in total. The molecule has 6 rings (SSSR count). The van der Waals surface area contributed by atoms with Gasteiger partial charge in [-0.2, -0.15) is 19.6 Å². The van der Waals surface area contributed by atoms with Crippen molar-refractivity contribution in [2.75, 3.05) is 57.4 Å². The molecule has 21 heteroatoms. The van der Waals surface area contributed by atoms with Gasteiger partial charge in [0.1, 0.15) is 10.0 Å². The summed E-state index contributed by atoms with van der Waals surface area (Å²) in [5.41, 5.74) is 0.599. The smallest absolute Gasteiger partial charge is 0.376 e. The summed E-state index contributed by atoms with van der Waals surface area (Å²) >= 11 is 29.6. The molecule has 4 aromatic rings. The van der Waals surface area contributed by atoms with Crippen molar-refractivity contribution in [2.24, 2.45) is 0 Å². The maximum Gasteiger partial charge on any atom is 0.376 e. The van der Waals surface area contributed by atoms with Crippen LogP contribution in [0.2, 0.25) is 38.8 Å². The standard InChI is InChI=1S/C16H19BCl2N4O3.C10H5Cl3N2O.C6H15BN2O2/c1-17(26)21-5-6-22(13(9-21)10-24)14-8-20-23(16(25)15(14)19)12-4-2-3-11(18)7-12;11-6-2-1-3-7(4-6)15-10(16)9(13)8(12)5-14-15;1-7(11)9-3-2-8-6(4-9)5-10/h2-4,7-8,13,24,26H,5-6,9-10H2,1H3;1-5H;6,8,10-11H,2-5H2,1H3. The molecule has 4 heterocycles. The van der Waals surface area contributed by atoms with Crippen LogP contribution < -0.4 is 21.3 Å². The summed E-state index contributed by atoms with van der Waals surface area (Å²) < 4.78 is 2.33. The zero-order chi connectivity index (χ0) is 38.8. The Kier molecular flexibility index (Phi) is 16.5. The summed E-state index contributed by atoms with van der Waals surface area (Å²) in [6.45, 7) is 7.44. The number of hydrogen-bond donors (Lipinski definition) is 5. The Labute approximate surface area is 332 Å². The molecule has 0 aliphatic carbocycles. The first-order valence-electron chi connectivity index (χ1n) is 16.5. The third-order valence-corrected chi connectivity index (χ3v) is 10.1. The molecule has 0 bridgehead atoms. The zero-order valence-corrected chi connectivity index (χ0v) is 32.6. The van der Waals surface area contributed by atoms with Crippen molar-refractivity contribution in [3.63, 3.8) is 0 Å². The Bertz CT molecular complexity index is 1940. The number of nitrogens with one attached hydrogen (secondary N) is 1. The van der Waals surface area contributed by atoms with Gasteiger partial charge in [-0.3, -0.25) is 9.59 Å². The second-order valence-electron chi connectivity index (χ2n) is 12.2. The van der Waals surface area contributed by atoms with E-state index in [1.54, 1.807) is 62.2 Å². The molecular weight excluding hydrogens is 791 g/mol. The minimum atomic E-state index is -0.601. The third kappa shape index (κ3) is 11.4. The monoisotopic (exact) mass is 828 g/mol. The lowest BCUT2D eigenvalue weighted by molar-refractivity contribution is 0.186. The highest BCUT2D eigenvalue weighted by molar-refractivity contribution is 6.45. The van der Waals surface area contributed by atoms with Crippen LogP contribution in [0.1, 0.15) is 0 Å². The van der Waals surface area contributed by atoms with Crippen molar-refractivity contribution in [3.05, 3.63) is 107 Å². The maximum absolute atomic E-state index is 12.7. The summed E-state index contributed by atoms with van der Waals surface area (Å²) in [5.74, 6) is 0. The second kappa shape index (κ2) is 20.3. The van der Waals surface area contributed by atoms with Gasteiger partial charge in [-0.25, -0.2) is 0 Å². The number of aromatic nitrogens is 4. The Balaban J connectivity index is 0.000000197. The van der Waals surface area contributed by atoms with E-state index < -0.39 is 25.2 Å². The van der Waals surface area contributed by atoms with Crippen LogP contribution in [0.3, 0.4) is 0 Å². The lowest BCUT2D eigenvalue weighted by atomic mass is 9.83. The SMILES string of the molecule is CB(O)N1CCN(c2cnn(-c3cccc(Cl)c3)c(=O)c2Cl)C(CO)C1.CB(O)N1CCNC(CO)C1.O=c1c(Cl)c(Cl)cnn1-c1cccc(Cl)c1. The summed E-state index contributed by atoms with van der Waals surface area (Å²) in [5, 5.41) is 49.9. The summed E-state index contributed by atoms with van der Waals surface area (Å²) in [6, 6.07) is 13.3. The largest absolute Gasteiger partial charge is 0.437 e. The van der Waals surface area contributed by atoms with Crippen LogP contribution >= 0.6 is 58.0 Å². The first-order chi connectivity index (χ1) is 25.2. The first-order valence-corrected chi connectivity index (χ1v) is 18.4. The Morgan fingerprint density at radius 3 is 1.83 bits per heavy atom. The quantitative estimate of drug-likeness (QED) is 0.173. The van der Waals surface area contributed by atoms with Crippen LogP contribution in [0.15, 0.2) is 70.5 Å².